The Hall–Kier alpha value is -3.92. The number of hydrogen-bond acceptors (Lipinski definition) is 6. The highest BCUT2D eigenvalue weighted by Crippen LogP contribution is 2.33. The van der Waals surface area contributed by atoms with Crippen molar-refractivity contribution in [2.75, 3.05) is 18.4 Å². The molecule has 11 heteroatoms. The van der Waals surface area contributed by atoms with Gasteiger partial charge in [-0.3, -0.25) is 14.9 Å². The molecule has 1 fully saturated rings. The minimum atomic E-state index is -0.591. The highest BCUT2D eigenvalue weighted by molar-refractivity contribution is 6.31. The van der Waals surface area contributed by atoms with E-state index in [0.717, 1.165) is 5.56 Å². The van der Waals surface area contributed by atoms with E-state index in [1.54, 1.807) is 33.8 Å². The molecule has 0 spiro atoms. The van der Waals surface area contributed by atoms with Crippen molar-refractivity contribution in [1.82, 2.24) is 14.7 Å². The molecule has 2 aromatic carbocycles. The molecule has 38 heavy (non-hydrogen) atoms. The average Bonchev–Trinajstić information content (AvgIpc) is 3.31. The number of rotatable bonds is 5. The number of aromatic nitrogens is 2. The number of hydrogen-bond donors (Lipinski definition) is 1. The van der Waals surface area contributed by atoms with Crippen LogP contribution >= 0.6 is 11.6 Å². The molecule has 200 valence electrons. The number of likely N-dealkylation sites (tertiary alicyclic amines) is 1. The van der Waals surface area contributed by atoms with Crippen LogP contribution in [0.15, 0.2) is 48.7 Å². The SMILES string of the molecule is Cc1ccc(NC(=O)c2cnn(-c3ccc([N+](=O)[O-])cc3)c2C2CCN(C(=O)OC(C)(C)C)CC2)cc1Cl. The second kappa shape index (κ2) is 10.8. The van der Waals surface area contributed by atoms with Gasteiger partial charge in [0.25, 0.3) is 11.6 Å². The van der Waals surface area contributed by atoms with E-state index in [1.165, 1.54) is 18.3 Å². The third-order valence-corrected chi connectivity index (χ3v) is 6.73. The van der Waals surface area contributed by atoms with Gasteiger partial charge in [0.1, 0.15) is 5.60 Å². The summed E-state index contributed by atoms with van der Waals surface area (Å²) >= 11 is 6.24. The van der Waals surface area contributed by atoms with Crippen molar-refractivity contribution in [3.63, 3.8) is 0 Å². The standard InChI is InChI=1S/C27H30ClN5O5/c1-17-5-6-19(15-23(17)28)30-25(34)22-16-29-32(20-7-9-21(10-8-20)33(36)37)24(22)18-11-13-31(14-12-18)26(35)38-27(2,3)4/h5-10,15-16,18H,11-14H2,1-4H3,(H,30,34). The van der Waals surface area contributed by atoms with E-state index >= 15 is 0 Å². The van der Waals surface area contributed by atoms with E-state index < -0.39 is 10.5 Å². The minimum Gasteiger partial charge on any atom is -0.444 e. The van der Waals surface area contributed by atoms with Gasteiger partial charge in [-0.2, -0.15) is 5.10 Å². The maximum absolute atomic E-state index is 13.4. The van der Waals surface area contributed by atoms with Crippen LogP contribution < -0.4 is 5.32 Å². The summed E-state index contributed by atoms with van der Waals surface area (Å²) < 4.78 is 7.16. The normalized spacial score (nSPS) is 14.3. The number of piperidine rings is 1. The summed E-state index contributed by atoms with van der Waals surface area (Å²) in [5, 5.41) is 19.1. The lowest BCUT2D eigenvalue weighted by atomic mass is 9.90. The summed E-state index contributed by atoms with van der Waals surface area (Å²) in [5.74, 6) is -0.434. The van der Waals surface area contributed by atoms with Crippen molar-refractivity contribution in [1.29, 1.82) is 0 Å². The Morgan fingerprint density at radius 2 is 1.79 bits per heavy atom. The molecule has 0 unspecified atom stereocenters. The molecule has 1 aromatic heterocycles. The van der Waals surface area contributed by atoms with Gasteiger partial charge in [-0.15, -0.1) is 0 Å². The second-order valence-corrected chi connectivity index (χ2v) is 10.7. The zero-order valence-electron chi connectivity index (χ0n) is 21.7. The molecule has 1 aliphatic rings. The predicted molar refractivity (Wildman–Crippen MR) is 144 cm³/mol. The fourth-order valence-corrected chi connectivity index (χ4v) is 4.56. The Bertz CT molecular complexity index is 1360. The van der Waals surface area contributed by atoms with Crippen LogP contribution in [0.1, 0.15) is 61.1 Å². The van der Waals surface area contributed by atoms with Gasteiger partial charge in [-0.05, 0) is 70.4 Å². The topological polar surface area (TPSA) is 120 Å². The van der Waals surface area contributed by atoms with Crippen LogP contribution in [0.5, 0.6) is 0 Å². The number of non-ortho nitro benzene ring substituents is 1. The molecular weight excluding hydrogens is 510 g/mol. The summed E-state index contributed by atoms with van der Waals surface area (Å²) in [6, 6.07) is 11.3. The number of benzene rings is 2. The van der Waals surface area contributed by atoms with Gasteiger partial charge < -0.3 is 15.0 Å². The van der Waals surface area contributed by atoms with Crippen LogP contribution in [0, 0.1) is 17.0 Å². The molecule has 0 saturated carbocycles. The van der Waals surface area contributed by atoms with Gasteiger partial charge in [0.15, 0.2) is 0 Å². The molecule has 10 nitrogen and oxygen atoms in total. The van der Waals surface area contributed by atoms with Crippen molar-refractivity contribution in [2.45, 2.75) is 52.1 Å². The largest absolute Gasteiger partial charge is 0.444 e. The van der Waals surface area contributed by atoms with E-state index in [9.17, 15) is 19.7 Å². The molecule has 1 aliphatic heterocycles. The number of nitrogens with zero attached hydrogens (tertiary/aromatic N) is 4. The Kier molecular flexibility index (Phi) is 7.73. The van der Waals surface area contributed by atoms with Gasteiger partial charge in [0, 0.05) is 41.9 Å². The molecule has 1 N–H and O–H groups in total. The highest BCUT2D eigenvalue weighted by Gasteiger charge is 2.32. The number of amides is 2. The minimum absolute atomic E-state index is 0.0395. The third kappa shape index (κ3) is 6.13. The maximum Gasteiger partial charge on any atom is 0.410 e. The summed E-state index contributed by atoms with van der Waals surface area (Å²) in [5.41, 5.74) is 2.48. The quantitative estimate of drug-likeness (QED) is 0.308. The van der Waals surface area contributed by atoms with Crippen molar-refractivity contribution in [2.24, 2.45) is 0 Å². The number of nitro groups is 1. The molecule has 1 saturated heterocycles. The second-order valence-electron chi connectivity index (χ2n) is 10.3. The zero-order chi connectivity index (χ0) is 27.6. The number of carbonyl (C=O) groups is 2. The lowest BCUT2D eigenvalue weighted by molar-refractivity contribution is -0.384. The molecule has 0 aliphatic carbocycles. The van der Waals surface area contributed by atoms with Gasteiger partial charge in [0.05, 0.1) is 28.1 Å². The van der Waals surface area contributed by atoms with Crippen molar-refractivity contribution < 1.29 is 19.2 Å². The van der Waals surface area contributed by atoms with E-state index in [1.807, 2.05) is 33.8 Å². The third-order valence-electron chi connectivity index (χ3n) is 6.32. The van der Waals surface area contributed by atoms with Gasteiger partial charge in [-0.25, -0.2) is 9.48 Å². The molecule has 2 amide bonds. The van der Waals surface area contributed by atoms with Crippen LogP contribution in [-0.2, 0) is 4.74 Å². The number of ether oxygens (including phenoxy) is 1. The lowest BCUT2D eigenvalue weighted by Gasteiger charge is -2.34. The molecule has 3 aromatic rings. The fourth-order valence-electron chi connectivity index (χ4n) is 4.38. The van der Waals surface area contributed by atoms with Crippen LogP contribution in [0.4, 0.5) is 16.2 Å². The zero-order valence-corrected chi connectivity index (χ0v) is 22.5. The van der Waals surface area contributed by atoms with E-state index in [0.29, 0.717) is 53.6 Å². The number of nitrogens with one attached hydrogen (secondary N) is 1. The molecular formula is C27H30ClN5O5. The Morgan fingerprint density at radius 3 is 2.37 bits per heavy atom. The molecule has 0 atom stereocenters. The highest BCUT2D eigenvalue weighted by atomic mass is 35.5. The summed E-state index contributed by atoms with van der Waals surface area (Å²) in [6.07, 6.45) is 2.32. The Morgan fingerprint density at radius 1 is 1.13 bits per heavy atom. The monoisotopic (exact) mass is 539 g/mol. The number of nitro benzene ring substituents is 1. The van der Waals surface area contributed by atoms with E-state index in [-0.39, 0.29) is 23.6 Å². The number of aryl methyl sites for hydroxylation is 1. The smallest absolute Gasteiger partial charge is 0.410 e. The number of anilines is 1. The van der Waals surface area contributed by atoms with Crippen molar-refractivity contribution in [3.05, 3.63) is 80.6 Å². The van der Waals surface area contributed by atoms with Crippen molar-refractivity contribution in [3.8, 4) is 5.69 Å². The molecule has 4 rings (SSSR count). The fraction of sp³-hybridized carbons (Fsp3) is 0.370. The van der Waals surface area contributed by atoms with Crippen LogP contribution in [0.3, 0.4) is 0 Å². The Balaban J connectivity index is 1.64. The average molecular weight is 540 g/mol. The van der Waals surface area contributed by atoms with E-state index in [4.69, 9.17) is 16.3 Å². The summed E-state index contributed by atoms with van der Waals surface area (Å²) in [7, 11) is 0. The maximum atomic E-state index is 13.4. The lowest BCUT2D eigenvalue weighted by Crippen LogP contribution is -2.41. The van der Waals surface area contributed by atoms with Crippen molar-refractivity contribution >= 4 is 35.0 Å². The molecule has 0 radical (unpaired) electrons. The van der Waals surface area contributed by atoms with Crippen LogP contribution in [-0.4, -0.2) is 50.3 Å². The van der Waals surface area contributed by atoms with Crippen LogP contribution in [0.2, 0.25) is 5.02 Å². The van der Waals surface area contributed by atoms with Gasteiger partial charge in [0.2, 0.25) is 0 Å². The molecule has 0 bridgehead atoms. The Labute approximate surface area is 225 Å². The molecule has 2 heterocycles. The summed E-state index contributed by atoms with van der Waals surface area (Å²) in [6.45, 7) is 8.27. The predicted octanol–water partition coefficient (Wildman–Crippen LogP) is 6.11. The van der Waals surface area contributed by atoms with Gasteiger partial charge in [-0.1, -0.05) is 17.7 Å². The van der Waals surface area contributed by atoms with Gasteiger partial charge >= 0.3 is 6.09 Å². The number of halogens is 1. The first-order chi connectivity index (χ1) is 17.9. The summed E-state index contributed by atoms with van der Waals surface area (Å²) in [4.78, 5) is 38.3. The first kappa shape index (κ1) is 27.1. The number of carbonyl (C=O) groups excluding carboxylic acids is 2. The van der Waals surface area contributed by atoms with Crippen LogP contribution in [0.25, 0.3) is 5.69 Å². The van der Waals surface area contributed by atoms with E-state index in [2.05, 4.69) is 10.4 Å². The first-order valence-electron chi connectivity index (χ1n) is 12.3. The first-order valence-corrected chi connectivity index (χ1v) is 12.7.